The average Bonchev–Trinajstić information content (AvgIpc) is 2.94. The van der Waals surface area contributed by atoms with E-state index in [4.69, 9.17) is 0 Å². The van der Waals surface area contributed by atoms with Crippen molar-refractivity contribution in [3.8, 4) is 0 Å². The predicted molar refractivity (Wildman–Crippen MR) is 161 cm³/mol. The van der Waals surface area contributed by atoms with E-state index in [-0.39, 0.29) is 44.2 Å². The minimum atomic E-state index is -3.60. The van der Waals surface area contributed by atoms with E-state index < -0.39 is 21.9 Å². The summed E-state index contributed by atoms with van der Waals surface area (Å²) in [6.45, 7) is 4.34. The van der Waals surface area contributed by atoms with Crippen LogP contribution in [0.1, 0.15) is 49.3 Å². The molecular weight excluding hydrogens is 541 g/mol. The van der Waals surface area contributed by atoms with Gasteiger partial charge >= 0.3 is 0 Å². The van der Waals surface area contributed by atoms with Gasteiger partial charge in [0, 0.05) is 38.0 Å². The van der Waals surface area contributed by atoms with Gasteiger partial charge in [-0.15, -0.1) is 0 Å². The molecule has 0 heterocycles. The van der Waals surface area contributed by atoms with Crippen LogP contribution in [0.2, 0.25) is 0 Å². The minimum absolute atomic E-state index is 0.0140. The lowest BCUT2D eigenvalue weighted by Gasteiger charge is -2.32. The van der Waals surface area contributed by atoms with Crippen molar-refractivity contribution in [2.75, 3.05) is 23.7 Å². The summed E-state index contributed by atoms with van der Waals surface area (Å²) in [5.41, 5.74) is 2.54. The fraction of sp³-hybridized carbons (Fsp3) is 0.375. The van der Waals surface area contributed by atoms with Crippen LogP contribution in [0, 0.1) is 12.7 Å². The highest BCUT2D eigenvalue weighted by Crippen LogP contribution is 2.23. The average molecular weight is 582 g/mol. The Balaban J connectivity index is 1.88. The van der Waals surface area contributed by atoms with Crippen LogP contribution in [0.5, 0.6) is 0 Å². The molecule has 0 saturated heterocycles. The molecule has 7 nitrogen and oxygen atoms in total. The first kappa shape index (κ1) is 31.8. The predicted octanol–water partition coefficient (Wildman–Crippen LogP) is 5.24. The Kier molecular flexibility index (Phi) is 11.9. The molecule has 0 aliphatic rings. The van der Waals surface area contributed by atoms with Crippen LogP contribution in [0.3, 0.4) is 0 Å². The Labute approximate surface area is 243 Å². The van der Waals surface area contributed by atoms with E-state index in [1.54, 1.807) is 30.3 Å². The van der Waals surface area contributed by atoms with E-state index in [1.807, 2.05) is 56.3 Å². The van der Waals surface area contributed by atoms with Gasteiger partial charge in [0.2, 0.25) is 21.8 Å². The standard InChI is InChI=1S/C32H40FN3O4S/c1-4-5-21-34-32(38)30(23-26-15-7-6-8-16-26)35(24-27-17-10-11-18-28(27)33)31(37)20-13-22-36(41(3,39)40)29-19-12-9-14-25(29)2/h6-12,14-19,30H,4-5,13,20-24H2,1-3H3,(H,34,38)/t30-/m0/s1. The van der Waals surface area contributed by atoms with Gasteiger partial charge in [-0.05, 0) is 43.0 Å². The summed E-state index contributed by atoms with van der Waals surface area (Å²) in [6, 6.07) is 21.9. The highest BCUT2D eigenvalue weighted by Gasteiger charge is 2.31. The largest absolute Gasteiger partial charge is 0.354 e. The first-order valence-corrected chi connectivity index (χ1v) is 15.8. The van der Waals surface area contributed by atoms with Gasteiger partial charge in [0.1, 0.15) is 11.9 Å². The zero-order valence-corrected chi connectivity index (χ0v) is 24.9. The molecule has 2 amide bonds. The molecule has 0 aromatic heterocycles. The van der Waals surface area contributed by atoms with Crippen LogP contribution in [0.15, 0.2) is 78.9 Å². The molecule has 0 unspecified atom stereocenters. The quantitative estimate of drug-likeness (QED) is 0.249. The van der Waals surface area contributed by atoms with Crippen molar-refractivity contribution in [1.82, 2.24) is 10.2 Å². The molecule has 0 aliphatic heterocycles. The van der Waals surface area contributed by atoms with Gasteiger partial charge < -0.3 is 10.2 Å². The van der Waals surface area contributed by atoms with Crippen molar-refractivity contribution < 1.29 is 22.4 Å². The number of para-hydroxylation sites is 1. The van der Waals surface area contributed by atoms with Gasteiger partial charge in [-0.25, -0.2) is 12.8 Å². The summed E-state index contributed by atoms with van der Waals surface area (Å²) in [7, 11) is -3.60. The fourth-order valence-corrected chi connectivity index (χ4v) is 5.72. The number of carbonyl (C=O) groups excluding carboxylic acids is 2. The zero-order chi connectivity index (χ0) is 29.8. The Bertz CT molecular complexity index is 1400. The summed E-state index contributed by atoms with van der Waals surface area (Å²) < 4.78 is 41.3. The molecule has 0 radical (unpaired) electrons. The molecule has 220 valence electrons. The van der Waals surface area contributed by atoms with Crippen molar-refractivity contribution in [2.24, 2.45) is 0 Å². The Morgan fingerprint density at radius 2 is 1.59 bits per heavy atom. The highest BCUT2D eigenvalue weighted by molar-refractivity contribution is 7.92. The zero-order valence-electron chi connectivity index (χ0n) is 24.1. The summed E-state index contributed by atoms with van der Waals surface area (Å²) in [5, 5.41) is 2.95. The molecule has 0 spiro atoms. The van der Waals surface area contributed by atoms with E-state index >= 15 is 0 Å². The van der Waals surface area contributed by atoms with E-state index in [0.29, 0.717) is 17.8 Å². The van der Waals surface area contributed by atoms with Crippen LogP contribution in [-0.4, -0.2) is 50.5 Å². The Morgan fingerprint density at radius 3 is 2.24 bits per heavy atom. The van der Waals surface area contributed by atoms with Gasteiger partial charge in [-0.2, -0.15) is 0 Å². The lowest BCUT2D eigenvalue weighted by atomic mass is 10.0. The van der Waals surface area contributed by atoms with Crippen LogP contribution in [0.25, 0.3) is 0 Å². The number of nitrogens with zero attached hydrogens (tertiary/aromatic N) is 2. The smallest absolute Gasteiger partial charge is 0.243 e. The lowest BCUT2D eigenvalue weighted by Crippen LogP contribution is -2.50. The number of nitrogens with one attached hydrogen (secondary N) is 1. The number of carbonyl (C=O) groups is 2. The summed E-state index contributed by atoms with van der Waals surface area (Å²) in [4.78, 5) is 28.7. The molecule has 1 N–H and O–H groups in total. The lowest BCUT2D eigenvalue weighted by molar-refractivity contribution is -0.141. The van der Waals surface area contributed by atoms with Crippen LogP contribution in [-0.2, 0) is 32.6 Å². The number of halogens is 1. The van der Waals surface area contributed by atoms with E-state index in [2.05, 4.69) is 5.32 Å². The van der Waals surface area contributed by atoms with Crippen molar-refractivity contribution in [3.63, 3.8) is 0 Å². The van der Waals surface area contributed by atoms with Crippen LogP contribution in [0.4, 0.5) is 10.1 Å². The van der Waals surface area contributed by atoms with Crippen molar-refractivity contribution in [1.29, 1.82) is 0 Å². The second kappa shape index (κ2) is 15.3. The highest BCUT2D eigenvalue weighted by atomic mass is 32.2. The number of hydrogen-bond donors (Lipinski definition) is 1. The number of unbranched alkanes of at least 4 members (excludes halogenated alkanes) is 1. The number of rotatable bonds is 15. The van der Waals surface area contributed by atoms with Gasteiger partial charge in [0.05, 0.1) is 11.9 Å². The number of hydrogen-bond acceptors (Lipinski definition) is 4. The molecule has 9 heteroatoms. The molecule has 3 rings (SSSR count). The van der Waals surface area contributed by atoms with Crippen LogP contribution < -0.4 is 9.62 Å². The maximum Gasteiger partial charge on any atom is 0.243 e. The number of sulfonamides is 1. The second-order valence-electron chi connectivity index (χ2n) is 10.2. The summed E-state index contributed by atoms with van der Waals surface area (Å²) in [5.74, 6) is -1.11. The summed E-state index contributed by atoms with van der Waals surface area (Å²) in [6.07, 6.45) is 3.31. The molecule has 0 aliphatic carbocycles. The SMILES string of the molecule is CCCCNC(=O)[C@H](Cc1ccccc1)N(Cc1ccccc1F)C(=O)CCCN(c1ccccc1C)S(C)(=O)=O. The van der Waals surface area contributed by atoms with Crippen LogP contribution >= 0.6 is 0 Å². The monoisotopic (exact) mass is 581 g/mol. The van der Waals surface area contributed by atoms with Gasteiger partial charge in [-0.1, -0.05) is 80.1 Å². The van der Waals surface area contributed by atoms with Crippen molar-refractivity contribution in [2.45, 2.75) is 58.5 Å². The first-order chi connectivity index (χ1) is 19.6. The van der Waals surface area contributed by atoms with Crippen molar-refractivity contribution >= 4 is 27.5 Å². The Hall–Kier alpha value is -3.72. The third kappa shape index (κ3) is 9.42. The molecule has 41 heavy (non-hydrogen) atoms. The normalized spacial score (nSPS) is 12.0. The molecular formula is C32H40FN3O4S. The van der Waals surface area contributed by atoms with E-state index in [1.165, 1.54) is 15.3 Å². The van der Waals surface area contributed by atoms with Gasteiger partial charge in [0.25, 0.3) is 0 Å². The third-order valence-electron chi connectivity index (χ3n) is 6.94. The second-order valence-corrected chi connectivity index (χ2v) is 12.1. The maximum atomic E-state index is 14.8. The van der Waals surface area contributed by atoms with E-state index in [0.717, 1.165) is 30.2 Å². The number of anilines is 1. The molecule has 0 saturated carbocycles. The molecule has 1 atom stereocenters. The Morgan fingerprint density at radius 1 is 0.927 bits per heavy atom. The molecule has 3 aromatic rings. The van der Waals surface area contributed by atoms with Gasteiger partial charge in [0.15, 0.2) is 0 Å². The van der Waals surface area contributed by atoms with Gasteiger partial charge in [-0.3, -0.25) is 13.9 Å². The first-order valence-electron chi connectivity index (χ1n) is 14.0. The molecule has 3 aromatic carbocycles. The minimum Gasteiger partial charge on any atom is -0.354 e. The number of aryl methyl sites for hydroxylation is 1. The van der Waals surface area contributed by atoms with Crippen molar-refractivity contribution in [3.05, 3.63) is 101 Å². The molecule has 0 fully saturated rings. The molecule has 0 bridgehead atoms. The fourth-order valence-electron chi connectivity index (χ4n) is 4.70. The topological polar surface area (TPSA) is 86.8 Å². The van der Waals surface area contributed by atoms with E-state index in [9.17, 15) is 22.4 Å². The number of amides is 2. The number of benzene rings is 3. The summed E-state index contributed by atoms with van der Waals surface area (Å²) >= 11 is 0. The maximum absolute atomic E-state index is 14.8. The third-order valence-corrected chi connectivity index (χ3v) is 8.12.